The highest BCUT2D eigenvalue weighted by Crippen LogP contribution is 2.07. The Labute approximate surface area is 112 Å². The summed E-state index contributed by atoms with van der Waals surface area (Å²) in [5.74, 6) is 0. The van der Waals surface area contributed by atoms with E-state index in [9.17, 15) is 0 Å². The Kier molecular flexibility index (Phi) is 7.75. The van der Waals surface area contributed by atoms with Crippen LogP contribution in [-0.4, -0.2) is 25.7 Å². The van der Waals surface area contributed by atoms with Gasteiger partial charge in [0.05, 0.1) is 17.4 Å². The van der Waals surface area contributed by atoms with E-state index in [1.807, 2.05) is 6.07 Å². The van der Waals surface area contributed by atoms with Gasteiger partial charge in [0, 0.05) is 8.07 Å². The van der Waals surface area contributed by atoms with E-state index in [-0.39, 0.29) is 5.70 Å². The Morgan fingerprint density at radius 3 is 2.59 bits per heavy atom. The quantitative estimate of drug-likeness (QED) is 0.247. The lowest BCUT2D eigenvalue weighted by Gasteiger charge is -2.13. The van der Waals surface area contributed by atoms with Crippen molar-refractivity contribution in [3.05, 3.63) is 11.9 Å². The van der Waals surface area contributed by atoms with E-state index in [1.165, 1.54) is 12.6 Å². The monoisotopic (exact) mass is 315 g/mol. The fourth-order valence-electron chi connectivity index (χ4n) is 0.811. The van der Waals surface area contributed by atoms with Crippen LogP contribution in [0.4, 0.5) is 0 Å². The van der Waals surface area contributed by atoms with Crippen LogP contribution in [-0.2, 0) is 4.74 Å². The number of nitrogens with zero attached hydrogens (tertiary/aromatic N) is 3. The molecule has 0 unspecified atom stereocenters. The van der Waals surface area contributed by atoms with Crippen LogP contribution in [0, 0.1) is 11.3 Å². The van der Waals surface area contributed by atoms with Gasteiger partial charge in [0.25, 0.3) is 0 Å². The molecule has 0 amide bonds. The van der Waals surface area contributed by atoms with Gasteiger partial charge in [-0.05, 0) is 28.9 Å². The summed E-state index contributed by atoms with van der Waals surface area (Å²) in [6, 6.07) is 3.02. The normalized spacial score (nSPS) is 13.9. The van der Waals surface area contributed by atoms with Crippen LogP contribution >= 0.6 is 15.9 Å². The number of rotatable bonds is 6. The smallest absolute Gasteiger partial charge is 0.173 e. The average molecular weight is 316 g/mol. The van der Waals surface area contributed by atoms with E-state index < -0.39 is 8.07 Å². The van der Waals surface area contributed by atoms with Crippen molar-refractivity contribution in [2.24, 2.45) is 9.98 Å². The average Bonchev–Trinajstić information content (AvgIpc) is 2.19. The fourth-order valence-corrected chi connectivity index (χ4v) is 1.73. The first-order valence-electron chi connectivity index (χ1n) is 5.29. The summed E-state index contributed by atoms with van der Waals surface area (Å²) < 4.78 is 5.88. The number of hydrogen-bond donors (Lipinski definition) is 0. The van der Waals surface area contributed by atoms with Gasteiger partial charge in [-0.15, -0.1) is 0 Å². The highest BCUT2D eigenvalue weighted by Gasteiger charge is 2.11. The van der Waals surface area contributed by atoms with Gasteiger partial charge < -0.3 is 4.74 Å². The molecule has 0 radical (unpaired) electrons. The Hall–Kier alpha value is -0.933. The summed E-state index contributed by atoms with van der Waals surface area (Å²) in [5.41, 5.74) is 0.240. The van der Waals surface area contributed by atoms with Gasteiger partial charge in [0.2, 0.25) is 0 Å². The van der Waals surface area contributed by atoms with Gasteiger partial charge >= 0.3 is 0 Å². The summed E-state index contributed by atoms with van der Waals surface area (Å²) in [5, 5.41) is 8.73. The van der Waals surface area contributed by atoms with Crippen molar-refractivity contribution in [2.75, 3.05) is 6.61 Å². The molecular formula is C11H18BrN3OSi. The second kappa shape index (κ2) is 8.20. The minimum Gasteiger partial charge on any atom is -0.483 e. The lowest BCUT2D eigenvalue weighted by Crippen LogP contribution is -2.21. The van der Waals surface area contributed by atoms with E-state index in [2.05, 4.69) is 45.6 Å². The lowest BCUT2D eigenvalue weighted by molar-refractivity contribution is 0.341. The van der Waals surface area contributed by atoms with E-state index in [0.29, 0.717) is 11.2 Å². The summed E-state index contributed by atoms with van der Waals surface area (Å²) in [4.78, 5) is 7.79. The first kappa shape index (κ1) is 16.1. The molecule has 0 spiro atoms. The molecule has 0 bridgehead atoms. The van der Waals surface area contributed by atoms with Gasteiger partial charge in [0.15, 0.2) is 12.1 Å². The van der Waals surface area contributed by atoms with Crippen LogP contribution in [0.15, 0.2) is 21.9 Å². The number of nitriles is 1. The molecule has 94 valence electrons. The molecule has 0 saturated carbocycles. The zero-order chi connectivity index (χ0) is 13.3. The predicted molar refractivity (Wildman–Crippen MR) is 78.3 cm³/mol. The number of halogens is 1. The Morgan fingerprint density at radius 1 is 1.47 bits per heavy atom. The standard InChI is InChI=1S/C11H18BrN3OSi/c1-10(12)15-11(7-13)8-14-9-16-5-6-17(2,3)4/h8-9H,5-6H2,1-4H3/b11-8-,14-9-,15-10+. The van der Waals surface area contributed by atoms with Crippen LogP contribution in [0.2, 0.25) is 25.7 Å². The second-order valence-electron chi connectivity index (χ2n) is 4.67. The Balaban J connectivity index is 4.06. The minimum absolute atomic E-state index is 0.240. The number of ether oxygens (including phenoxy) is 1. The van der Waals surface area contributed by atoms with Crippen LogP contribution in [0.1, 0.15) is 6.92 Å². The second-order valence-corrected chi connectivity index (χ2v) is 11.4. The van der Waals surface area contributed by atoms with Crippen LogP contribution in [0.25, 0.3) is 0 Å². The van der Waals surface area contributed by atoms with Crippen molar-refractivity contribution in [1.82, 2.24) is 0 Å². The first-order valence-corrected chi connectivity index (χ1v) is 9.79. The largest absolute Gasteiger partial charge is 0.483 e. The molecule has 6 heteroatoms. The molecule has 0 aromatic rings. The zero-order valence-corrected chi connectivity index (χ0v) is 13.3. The van der Waals surface area contributed by atoms with Crippen molar-refractivity contribution >= 4 is 35.0 Å². The molecule has 0 aliphatic heterocycles. The maximum absolute atomic E-state index is 8.73. The summed E-state index contributed by atoms with van der Waals surface area (Å²) in [6.45, 7) is 9.28. The predicted octanol–water partition coefficient (Wildman–Crippen LogP) is 3.55. The summed E-state index contributed by atoms with van der Waals surface area (Å²) >= 11 is 3.15. The Bertz CT molecular complexity index is 360. The van der Waals surface area contributed by atoms with Gasteiger partial charge in [-0.1, -0.05) is 19.6 Å². The van der Waals surface area contributed by atoms with E-state index in [1.54, 1.807) is 6.92 Å². The van der Waals surface area contributed by atoms with E-state index >= 15 is 0 Å². The highest BCUT2D eigenvalue weighted by atomic mass is 79.9. The number of allylic oxidation sites excluding steroid dienone is 1. The topological polar surface area (TPSA) is 57.7 Å². The van der Waals surface area contributed by atoms with Crippen molar-refractivity contribution in [3.63, 3.8) is 0 Å². The third-order valence-electron chi connectivity index (χ3n) is 1.69. The maximum atomic E-state index is 8.73. The van der Waals surface area contributed by atoms with Crippen LogP contribution < -0.4 is 0 Å². The molecule has 0 aliphatic carbocycles. The molecule has 0 fully saturated rings. The first-order chi connectivity index (χ1) is 7.85. The molecule has 0 aromatic carbocycles. The van der Waals surface area contributed by atoms with Crippen molar-refractivity contribution in [1.29, 1.82) is 5.26 Å². The van der Waals surface area contributed by atoms with E-state index in [0.717, 1.165) is 6.04 Å². The van der Waals surface area contributed by atoms with Gasteiger partial charge in [0.1, 0.15) is 6.07 Å². The molecule has 17 heavy (non-hydrogen) atoms. The number of hydrogen-bond acceptors (Lipinski definition) is 4. The minimum atomic E-state index is -1.05. The van der Waals surface area contributed by atoms with Crippen molar-refractivity contribution in [2.45, 2.75) is 32.6 Å². The molecule has 0 heterocycles. The molecule has 0 aromatic heterocycles. The molecule has 0 aliphatic rings. The van der Waals surface area contributed by atoms with Crippen LogP contribution in [0.5, 0.6) is 0 Å². The van der Waals surface area contributed by atoms with Crippen LogP contribution in [0.3, 0.4) is 0 Å². The third-order valence-corrected chi connectivity index (χ3v) is 3.57. The van der Waals surface area contributed by atoms with Crippen molar-refractivity contribution < 1.29 is 4.74 Å². The van der Waals surface area contributed by atoms with Crippen molar-refractivity contribution in [3.8, 4) is 6.07 Å². The summed E-state index contributed by atoms with van der Waals surface area (Å²) in [6.07, 6.45) is 2.73. The molecular weight excluding hydrogens is 298 g/mol. The maximum Gasteiger partial charge on any atom is 0.173 e. The Morgan fingerprint density at radius 2 is 2.12 bits per heavy atom. The molecule has 4 nitrogen and oxygen atoms in total. The lowest BCUT2D eigenvalue weighted by atomic mass is 10.5. The molecule has 0 saturated heterocycles. The van der Waals surface area contributed by atoms with Gasteiger partial charge in [-0.25, -0.2) is 9.98 Å². The van der Waals surface area contributed by atoms with Gasteiger partial charge in [-0.3, -0.25) is 0 Å². The molecule has 0 N–H and O–H groups in total. The zero-order valence-electron chi connectivity index (χ0n) is 10.7. The molecule has 0 rings (SSSR count). The SMILES string of the molecule is C\C(Br)=N/C(C#N)=C\N=C/OCC[Si](C)(C)C. The third kappa shape index (κ3) is 11.3. The number of aliphatic imine (C=N–C) groups is 2. The van der Waals surface area contributed by atoms with Gasteiger partial charge in [-0.2, -0.15) is 5.26 Å². The summed E-state index contributed by atoms with van der Waals surface area (Å²) in [7, 11) is -1.05. The fraction of sp³-hybridized carbons (Fsp3) is 0.545. The highest BCUT2D eigenvalue weighted by molar-refractivity contribution is 9.18. The van der Waals surface area contributed by atoms with E-state index in [4.69, 9.17) is 10.00 Å². The molecule has 0 atom stereocenters.